The van der Waals surface area contributed by atoms with Crippen LogP contribution in [0.5, 0.6) is 0 Å². The monoisotopic (exact) mass is 284 g/mol. The van der Waals surface area contributed by atoms with Gasteiger partial charge in [0.2, 0.25) is 0 Å². The van der Waals surface area contributed by atoms with Crippen LogP contribution in [0.2, 0.25) is 0 Å². The second-order valence-electron chi connectivity index (χ2n) is 6.30. The number of nitrogens with zero attached hydrogens (tertiary/aromatic N) is 1. The fourth-order valence-electron chi connectivity index (χ4n) is 3.42. The average molecular weight is 284 g/mol. The number of hydrogen-bond donors (Lipinski definition) is 1. The Labute approximate surface area is 126 Å². The number of rotatable bonds is 3. The first kappa shape index (κ1) is 14.2. The van der Waals surface area contributed by atoms with Crippen LogP contribution >= 0.6 is 0 Å². The molecule has 21 heavy (non-hydrogen) atoms. The third-order valence-electron chi connectivity index (χ3n) is 4.54. The minimum atomic E-state index is 0.518. The number of nitrogens with two attached hydrogens (primary N) is 1. The Morgan fingerprint density at radius 1 is 1.19 bits per heavy atom. The van der Waals surface area contributed by atoms with Crippen molar-refractivity contribution in [2.75, 3.05) is 5.73 Å². The lowest BCUT2D eigenvalue weighted by Gasteiger charge is -2.12. The number of aryl methyl sites for hydroxylation is 1. The van der Waals surface area contributed by atoms with Gasteiger partial charge in [0, 0.05) is 6.42 Å². The molecule has 0 spiro atoms. The zero-order chi connectivity index (χ0) is 14.7. The SMILES string of the molecule is Cc1cccc(-c2c(N)noc2CC2CCCCCC2)c1. The van der Waals surface area contributed by atoms with E-state index in [1.54, 1.807) is 0 Å². The first-order valence-electron chi connectivity index (χ1n) is 8.05. The Morgan fingerprint density at radius 2 is 1.95 bits per heavy atom. The lowest BCUT2D eigenvalue weighted by molar-refractivity contribution is 0.347. The van der Waals surface area contributed by atoms with E-state index in [0.29, 0.717) is 11.7 Å². The summed E-state index contributed by atoms with van der Waals surface area (Å²) in [7, 11) is 0. The van der Waals surface area contributed by atoms with E-state index < -0.39 is 0 Å². The van der Waals surface area contributed by atoms with Crippen LogP contribution in [-0.4, -0.2) is 5.16 Å². The Morgan fingerprint density at radius 3 is 2.67 bits per heavy atom. The van der Waals surface area contributed by atoms with Crippen molar-refractivity contribution in [2.24, 2.45) is 5.92 Å². The molecule has 0 amide bonds. The molecule has 0 bridgehead atoms. The van der Waals surface area contributed by atoms with Gasteiger partial charge in [-0.3, -0.25) is 0 Å². The second kappa shape index (κ2) is 6.33. The number of aromatic nitrogens is 1. The Balaban J connectivity index is 1.86. The molecule has 1 fully saturated rings. The molecule has 1 aliphatic carbocycles. The van der Waals surface area contributed by atoms with E-state index in [4.69, 9.17) is 10.3 Å². The molecular weight excluding hydrogens is 260 g/mol. The molecule has 3 heteroatoms. The van der Waals surface area contributed by atoms with E-state index >= 15 is 0 Å². The van der Waals surface area contributed by atoms with Crippen molar-refractivity contribution >= 4 is 5.82 Å². The number of nitrogen functional groups attached to an aromatic ring is 1. The molecule has 0 aliphatic heterocycles. The van der Waals surface area contributed by atoms with Crippen molar-refractivity contribution in [3.8, 4) is 11.1 Å². The van der Waals surface area contributed by atoms with Gasteiger partial charge in [-0.25, -0.2) is 0 Å². The standard InChI is InChI=1S/C18H24N2O/c1-13-7-6-10-15(11-13)17-16(21-20-18(17)19)12-14-8-4-2-3-5-9-14/h6-7,10-11,14H,2-5,8-9,12H2,1H3,(H2,19,20). The van der Waals surface area contributed by atoms with Crippen molar-refractivity contribution < 1.29 is 4.52 Å². The molecule has 0 atom stereocenters. The maximum absolute atomic E-state index is 6.05. The molecule has 2 N–H and O–H groups in total. The van der Waals surface area contributed by atoms with E-state index in [-0.39, 0.29) is 0 Å². The zero-order valence-electron chi connectivity index (χ0n) is 12.8. The Bertz CT molecular complexity index is 595. The van der Waals surface area contributed by atoms with Crippen LogP contribution in [0.4, 0.5) is 5.82 Å². The number of anilines is 1. The van der Waals surface area contributed by atoms with Gasteiger partial charge in [-0.2, -0.15) is 0 Å². The highest BCUT2D eigenvalue weighted by molar-refractivity contribution is 5.75. The van der Waals surface area contributed by atoms with Gasteiger partial charge < -0.3 is 10.3 Å². The minimum absolute atomic E-state index is 0.518. The van der Waals surface area contributed by atoms with Crippen molar-refractivity contribution in [1.29, 1.82) is 0 Å². The third-order valence-corrected chi connectivity index (χ3v) is 4.54. The molecule has 3 nitrogen and oxygen atoms in total. The Hall–Kier alpha value is -1.77. The molecule has 2 aromatic rings. The van der Waals surface area contributed by atoms with Gasteiger partial charge in [-0.05, 0) is 18.4 Å². The van der Waals surface area contributed by atoms with Crippen LogP contribution in [0.3, 0.4) is 0 Å². The highest BCUT2D eigenvalue weighted by Gasteiger charge is 2.21. The van der Waals surface area contributed by atoms with Gasteiger partial charge in [0.05, 0.1) is 5.56 Å². The van der Waals surface area contributed by atoms with E-state index in [1.165, 1.54) is 44.1 Å². The molecule has 0 radical (unpaired) electrons. The molecule has 1 aromatic carbocycles. The summed E-state index contributed by atoms with van der Waals surface area (Å²) in [5, 5.41) is 4.01. The molecular formula is C18H24N2O. The summed E-state index contributed by atoms with van der Waals surface area (Å²) in [5.41, 5.74) is 9.41. The quantitative estimate of drug-likeness (QED) is 0.828. The summed E-state index contributed by atoms with van der Waals surface area (Å²) in [4.78, 5) is 0. The largest absolute Gasteiger partial charge is 0.380 e. The first-order chi connectivity index (χ1) is 10.2. The van der Waals surface area contributed by atoms with Crippen LogP contribution in [0.25, 0.3) is 11.1 Å². The fraction of sp³-hybridized carbons (Fsp3) is 0.500. The van der Waals surface area contributed by atoms with Crippen molar-refractivity contribution in [3.05, 3.63) is 35.6 Å². The van der Waals surface area contributed by atoms with Crippen LogP contribution < -0.4 is 5.73 Å². The number of hydrogen-bond acceptors (Lipinski definition) is 3. The van der Waals surface area contributed by atoms with Gasteiger partial charge in [0.15, 0.2) is 5.82 Å². The lowest BCUT2D eigenvalue weighted by Crippen LogP contribution is -2.03. The predicted octanol–water partition coefficient (Wildman–Crippen LogP) is 4.75. The molecule has 1 heterocycles. The highest BCUT2D eigenvalue weighted by atomic mass is 16.5. The summed E-state index contributed by atoms with van der Waals surface area (Å²) in [5.74, 6) is 2.19. The molecule has 1 saturated carbocycles. The van der Waals surface area contributed by atoms with Crippen LogP contribution in [0.1, 0.15) is 49.8 Å². The summed E-state index contributed by atoms with van der Waals surface area (Å²) < 4.78 is 5.56. The van der Waals surface area contributed by atoms with Crippen LogP contribution in [0.15, 0.2) is 28.8 Å². The van der Waals surface area contributed by atoms with Gasteiger partial charge in [-0.1, -0.05) is 73.5 Å². The summed E-state index contributed by atoms with van der Waals surface area (Å²) >= 11 is 0. The molecule has 1 aliphatic rings. The van der Waals surface area contributed by atoms with Crippen molar-refractivity contribution in [1.82, 2.24) is 5.16 Å². The van der Waals surface area contributed by atoms with E-state index in [1.807, 2.05) is 0 Å². The van der Waals surface area contributed by atoms with E-state index in [2.05, 4.69) is 36.3 Å². The topological polar surface area (TPSA) is 52.0 Å². The smallest absolute Gasteiger partial charge is 0.175 e. The van der Waals surface area contributed by atoms with Crippen molar-refractivity contribution in [3.63, 3.8) is 0 Å². The minimum Gasteiger partial charge on any atom is -0.380 e. The Kier molecular flexibility index (Phi) is 4.28. The van der Waals surface area contributed by atoms with Crippen LogP contribution in [-0.2, 0) is 6.42 Å². The molecule has 3 rings (SSSR count). The average Bonchev–Trinajstić information content (AvgIpc) is 2.67. The van der Waals surface area contributed by atoms with Gasteiger partial charge in [-0.15, -0.1) is 0 Å². The van der Waals surface area contributed by atoms with Crippen molar-refractivity contribution in [2.45, 2.75) is 51.9 Å². The van der Waals surface area contributed by atoms with Gasteiger partial charge >= 0.3 is 0 Å². The van der Waals surface area contributed by atoms with E-state index in [9.17, 15) is 0 Å². The summed E-state index contributed by atoms with van der Waals surface area (Å²) in [6.45, 7) is 2.10. The molecule has 112 valence electrons. The zero-order valence-corrected chi connectivity index (χ0v) is 12.8. The van der Waals surface area contributed by atoms with Gasteiger partial charge in [0.1, 0.15) is 5.76 Å². The normalized spacial score (nSPS) is 16.8. The third kappa shape index (κ3) is 3.29. The lowest BCUT2D eigenvalue weighted by atomic mass is 9.92. The summed E-state index contributed by atoms with van der Waals surface area (Å²) in [6, 6.07) is 8.40. The number of benzene rings is 1. The van der Waals surface area contributed by atoms with E-state index in [0.717, 1.165) is 23.3 Å². The molecule has 0 unspecified atom stereocenters. The van der Waals surface area contributed by atoms with Gasteiger partial charge in [0.25, 0.3) is 0 Å². The maximum atomic E-state index is 6.05. The maximum Gasteiger partial charge on any atom is 0.175 e. The predicted molar refractivity (Wildman–Crippen MR) is 86.0 cm³/mol. The fourth-order valence-corrected chi connectivity index (χ4v) is 3.42. The highest BCUT2D eigenvalue weighted by Crippen LogP contribution is 2.34. The summed E-state index contributed by atoms with van der Waals surface area (Å²) in [6.07, 6.45) is 9.00. The second-order valence-corrected chi connectivity index (χ2v) is 6.30. The first-order valence-corrected chi connectivity index (χ1v) is 8.05. The van der Waals surface area contributed by atoms with Crippen LogP contribution in [0, 0.1) is 12.8 Å². The molecule has 1 aromatic heterocycles. The molecule has 0 saturated heterocycles.